The molecule has 1 heterocycles. The maximum absolute atomic E-state index is 6.03. The summed E-state index contributed by atoms with van der Waals surface area (Å²) in [6.45, 7) is 1.99. The van der Waals surface area contributed by atoms with E-state index in [1.807, 2.05) is 30.2 Å². The highest BCUT2D eigenvalue weighted by molar-refractivity contribution is 5.30. The Morgan fingerprint density at radius 2 is 2.14 bits per heavy atom. The van der Waals surface area contributed by atoms with Gasteiger partial charge >= 0.3 is 0 Å². The SMILES string of the molecule is COCc1ccccc1C(CN)N(C)Cc1cnn(C)c1. The number of aryl methyl sites for hydroxylation is 1. The van der Waals surface area contributed by atoms with E-state index in [4.69, 9.17) is 10.5 Å². The molecule has 5 heteroatoms. The molecule has 0 aliphatic carbocycles. The number of nitrogens with two attached hydrogens (primary N) is 1. The second kappa shape index (κ2) is 7.36. The van der Waals surface area contributed by atoms with Crippen LogP contribution in [0.1, 0.15) is 22.7 Å². The van der Waals surface area contributed by atoms with Gasteiger partial charge in [-0.3, -0.25) is 9.58 Å². The highest BCUT2D eigenvalue weighted by Crippen LogP contribution is 2.24. The van der Waals surface area contributed by atoms with Crippen molar-refractivity contribution < 1.29 is 4.74 Å². The lowest BCUT2D eigenvalue weighted by Crippen LogP contribution is -2.31. The van der Waals surface area contributed by atoms with Crippen molar-refractivity contribution in [2.75, 3.05) is 20.7 Å². The Morgan fingerprint density at radius 3 is 2.76 bits per heavy atom. The average molecular weight is 288 g/mol. The Hall–Kier alpha value is -1.69. The van der Waals surface area contributed by atoms with Gasteiger partial charge in [0.1, 0.15) is 0 Å². The largest absolute Gasteiger partial charge is 0.380 e. The Morgan fingerprint density at radius 1 is 1.38 bits per heavy atom. The van der Waals surface area contributed by atoms with Crippen LogP contribution in [0.3, 0.4) is 0 Å². The van der Waals surface area contributed by atoms with Gasteiger partial charge in [0.05, 0.1) is 12.8 Å². The summed E-state index contributed by atoms with van der Waals surface area (Å²) in [6, 6.07) is 8.48. The molecular weight excluding hydrogens is 264 g/mol. The molecule has 0 radical (unpaired) electrons. The predicted octanol–water partition coefficient (Wildman–Crippen LogP) is 1.70. The third-order valence-corrected chi connectivity index (χ3v) is 3.66. The van der Waals surface area contributed by atoms with Crippen LogP contribution < -0.4 is 5.73 Å². The second-order valence-electron chi connectivity index (χ2n) is 5.32. The van der Waals surface area contributed by atoms with Crippen LogP contribution in [0.4, 0.5) is 0 Å². The number of hydrogen-bond donors (Lipinski definition) is 1. The minimum absolute atomic E-state index is 0.163. The maximum atomic E-state index is 6.03. The van der Waals surface area contributed by atoms with Crippen LogP contribution in [-0.4, -0.2) is 35.4 Å². The van der Waals surface area contributed by atoms with Crippen molar-refractivity contribution >= 4 is 0 Å². The van der Waals surface area contributed by atoms with Crippen LogP contribution in [-0.2, 0) is 24.9 Å². The molecule has 114 valence electrons. The van der Waals surface area contributed by atoms with Gasteiger partial charge in [0.2, 0.25) is 0 Å². The van der Waals surface area contributed by atoms with Gasteiger partial charge in [0.15, 0.2) is 0 Å². The van der Waals surface area contributed by atoms with Crippen molar-refractivity contribution in [1.82, 2.24) is 14.7 Å². The molecule has 0 bridgehead atoms. The summed E-state index contributed by atoms with van der Waals surface area (Å²) in [6.07, 6.45) is 3.93. The van der Waals surface area contributed by atoms with E-state index in [1.54, 1.807) is 7.11 Å². The summed E-state index contributed by atoms with van der Waals surface area (Å²) in [7, 11) is 5.74. The standard InChI is InChI=1S/C16H24N4O/c1-19(10-13-9-18-20(2)11-13)16(8-17)15-7-5-4-6-14(15)12-21-3/h4-7,9,11,16H,8,10,12,17H2,1-3H3. The first-order chi connectivity index (χ1) is 10.2. The number of likely N-dealkylation sites (N-methyl/N-ethyl adjacent to an activating group) is 1. The highest BCUT2D eigenvalue weighted by atomic mass is 16.5. The van der Waals surface area contributed by atoms with Crippen LogP contribution in [0.5, 0.6) is 0 Å². The molecule has 0 amide bonds. The summed E-state index contributed by atoms with van der Waals surface area (Å²) in [5.41, 5.74) is 9.63. The fourth-order valence-corrected chi connectivity index (χ4v) is 2.64. The first kappa shape index (κ1) is 15.7. The van der Waals surface area contributed by atoms with Gasteiger partial charge in [-0.15, -0.1) is 0 Å². The van der Waals surface area contributed by atoms with Crippen molar-refractivity contribution in [3.63, 3.8) is 0 Å². The molecule has 2 N–H and O–H groups in total. The molecule has 0 spiro atoms. The summed E-state index contributed by atoms with van der Waals surface area (Å²) in [5.74, 6) is 0. The van der Waals surface area contributed by atoms with Gasteiger partial charge in [-0.05, 0) is 18.2 Å². The molecule has 0 aliphatic heterocycles. The Bertz CT molecular complexity index is 567. The van der Waals surface area contributed by atoms with Gasteiger partial charge < -0.3 is 10.5 Å². The van der Waals surface area contributed by atoms with Crippen LogP contribution in [0.2, 0.25) is 0 Å². The number of ether oxygens (including phenoxy) is 1. The van der Waals surface area contributed by atoms with E-state index in [-0.39, 0.29) is 6.04 Å². The molecule has 0 fully saturated rings. The van der Waals surface area contributed by atoms with Gasteiger partial charge in [0, 0.05) is 45.0 Å². The van der Waals surface area contributed by atoms with Crippen molar-refractivity contribution in [3.05, 3.63) is 53.3 Å². The van der Waals surface area contributed by atoms with Gasteiger partial charge in [-0.2, -0.15) is 5.10 Å². The average Bonchev–Trinajstić information content (AvgIpc) is 2.87. The van der Waals surface area contributed by atoms with E-state index in [0.717, 1.165) is 6.54 Å². The summed E-state index contributed by atoms with van der Waals surface area (Å²) in [4.78, 5) is 2.26. The van der Waals surface area contributed by atoms with Crippen LogP contribution >= 0.6 is 0 Å². The zero-order valence-corrected chi connectivity index (χ0v) is 13.0. The molecule has 5 nitrogen and oxygen atoms in total. The third-order valence-electron chi connectivity index (χ3n) is 3.66. The lowest BCUT2D eigenvalue weighted by Gasteiger charge is -2.28. The minimum Gasteiger partial charge on any atom is -0.380 e. The Balaban J connectivity index is 2.18. The molecule has 0 saturated heterocycles. The van der Waals surface area contributed by atoms with Crippen molar-refractivity contribution in [2.45, 2.75) is 19.2 Å². The molecule has 2 rings (SSSR count). The lowest BCUT2D eigenvalue weighted by atomic mass is 9.99. The molecule has 1 unspecified atom stereocenters. The zero-order chi connectivity index (χ0) is 15.2. The molecule has 0 saturated carbocycles. The predicted molar refractivity (Wildman–Crippen MR) is 83.6 cm³/mol. The van der Waals surface area contributed by atoms with Crippen molar-refractivity contribution in [2.24, 2.45) is 12.8 Å². The van der Waals surface area contributed by atoms with Crippen LogP contribution in [0, 0.1) is 0 Å². The van der Waals surface area contributed by atoms with E-state index in [0.29, 0.717) is 13.2 Å². The van der Waals surface area contributed by atoms with Crippen LogP contribution in [0.25, 0.3) is 0 Å². The summed E-state index contributed by atoms with van der Waals surface area (Å²) >= 11 is 0. The zero-order valence-electron chi connectivity index (χ0n) is 13.0. The smallest absolute Gasteiger partial charge is 0.0716 e. The quantitative estimate of drug-likeness (QED) is 0.842. The number of rotatable bonds is 7. The van der Waals surface area contributed by atoms with E-state index >= 15 is 0 Å². The normalized spacial score (nSPS) is 12.8. The molecule has 1 atom stereocenters. The fraction of sp³-hybridized carbons (Fsp3) is 0.438. The molecule has 21 heavy (non-hydrogen) atoms. The van der Waals surface area contributed by atoms with Crippen molar-refractivity contribution in [1.29, 1.82) is 0 Å². The van der Waals surface area contributed by atoms with Gasteiger partial charge in [-0.25, -0.2) is 0 Å². The molecule has 2 aromatic rings. The molecule has 0 aliphatic rings. The van der Waals surface area contributed by atoms with E-state index in [9.17, 15) is 0 Å². The van der Waals surface area contributed by atoms with E-state index in [1.165, 1.54) is 16.7 Å². The minimum atomic E-state index is 0.163. The molecular formula is C16H24N4O. The monoisotopic (exact) mass is 288 g/mol. The van der Waals surface area contributed by atoms with Crippen molar-refractivity contribution in [3.8, 4) is 0 Å². The Labute approximate surface area is 126 Å². The first-order valence-electron chi connectivity index (χ1n) is 7.10. The molecule has 1 aromatic carbocycles. The lowest BCUT2D eigenvalue weighted by molar-refractivity contribution is 0.179. The van der Waals surface area contributed by atoms with E-state index < -0.39 is 0 Å². The van der Waals surface area contributed by atoms with Gasteiger partial charge in [0.25, 0.3) is 0 Å². The number of nitrogens with zero attached hydrogens (tertiary/aromatic N) is 3. The first-order valence-corrected chi connectivity index (χ1v) is 7.10. The third kappa shape index (κ3) is 3.91. The second-order valence-corrected chi connectivity index (χ2v) is 5.32. The summed E-state index contributed by atoms with van der Waals surface area (Å²) in [5, 5.41) is 4.21. The van der Waals surface area contributed by atoms with Crippen LogP contribution in [0.15, 0.2) is 36.7 Å². The summed E-state index contributed by atoms with van der Waals surface area (Å²) < 4.78 is 7.11. The topological polar surface area (TPSA) is 56.3 Å². The number of methoxy groups -OCH3 is 1. The molecule has 1 aromatic heterocycles. The number of benzene rings is 1. The van der Waals surface area contributed by atoms with Gasteiger partial charge in [-0.1, -0.05) is 24.3 Å². The van der Waals surface area contributed by atoms with E-state index in [2.05, 4.69) is 35.2 Å². The highest BCUT2D eigenvalue weighted by Gasteiger charge is 2.18. The number of hydrogen-bond acceptors (Lipinski definition) is 4. The fourth-order valence-electron chi connectivity index (χ4n) is 2.64. The maximum Gasteiger partial charge on any atom is 0.0716 e. The Kier molecular flexibility index (Phi) is 5.50. The number of aromatic nitrogens is 2.